The summed E-state index contributed by atoms with van der Waals surface area (Å²) in [4.78, 5) is 14.6. The number of halogens is 1. The van der Waals surface area contributed by atoms with E-state index >= 15 is 0 Å². The van der Waals surface area contributed by atoms with Crippen LogP contribution in [0.4, 0.5) is 5.69 Å². The van der Waals surface area contributed by atoms with E-state index in [4.69, 9.17) is 0 Å². The molecule has 1 heterocycles. The molecule has 0 atom stereocenters. The Bertz CT molecular complexity index is 548. The van der Waals surface area contributed by atoms with Crippen molar-refractivity contribution < 1.29 is 0 Å². The Morgan fingerprint density at radius 2 is 2.12 bits per heavy atom. The molecule has 0 saturated carbocycles. The topological polar surface area (TPSA) is 44.9 Å². The van der Waals surface area contributed by atoms with Crippen LogP contribution in [0.3, 0.4) is 0 Å². The molecule has 0 saturated heterocycles. The van der Waals surface area contributed by atoms with Gasteiger partial charge in [-0.25, -0.2) is 0 Å². The van der Waals surface area contributed by atoms with Gasteiger partial charge in [0, 0.05) is 11.9 Å². The van der Waals surface area contributed by atoms with E-state index in [1.54, 1.807) is 0 Å². The van der Waals surface area contributed by atoms with Crippen LogP contribution in [0.1, 0.15) is 12.5 Å². The molecular formula is C12H15ClN2O. The highest BCUT2D eigenvalue weighted by atomic mass is 35.5. The van der Waals surface area contributed by atoms with Crippen molar-refractivity contribution in [1.82, 2.24) is 4.98 Å². The number of aromatic nitrogens is 1. The maximum atomic E-state index is 11.7. The average molecular weight is 239 g/mol. The molecule has 3 nitrogen and oxygen atoms in total. The maximum absolute atomic E-state index is 11.7. The first kappa shape index (κ1) is 12.6. The molecule has 0 radical (unpaired) electrons. The molecule has 0 aliphatic heterocycles. The predicted molar refractivity (Wildman–Crippen MR) is 70.7 cm³/mol. The molecule has 0 amide bonds. The smallest absolute Gasteiger partial charge is 0.271 e. The minimum absolute atomic E-state index is 0. The quantitative estimate of drug-likeness (QED) is 0.845. The third-order valence-corrected chi connectivity index (χ3v) is 2.46. The summed E-state index contributed by atoms with van der Waals surface area (Å²) in [6.45, 7) is 4.71. The first-order chi connectivity index (χ1) is 7.22. The van der Waals surface area contributed by atoms with E-state index in [0.717, 1.165) is 23.0 Å². The second-order valence-electron chi connectivity index (χ2n) is 3.58. The van der Waals surface area contributed by atoms with Gasteiger partial charge in [0.25, 0.3) is 5.56 Å². The Kier molecular flexibility index (Phi) is 3.96. The summed E-state index contributed by atoms with van der Waals surface area (Å²) in [5.41, 5.74) is 2.59. The van der Waals surface area contributed by atoms with Gasteiger partial charge in [0.05, 0.1) is 5.52 Å². The van der Waals surface area contributed by atoms with Crippen LogP contribution in [0.15, 0.2) is 29.1 Å². The van der Waals surface area contributed by atoms with Gasteiger partial charge in [0.15, 0.2) is 0 Å². The summed E-state index contributed by atoms with van der Waals surface area (Å²) in [6.07, 6.45) is 0. The Morgan fingerprint density at radius 1 is 1.38 bits per heavy atom. The number of aryl methyl sites for hydroxylation is 1. The van der Waals surface area contributed by atoms with Crippen molar-refractivity contribution in [3.63, 3.8) is 0 Å². The third-order valence-electron chi connectivity index (χ3n) is 2.46. The van der Waals surface area contributed by atoms with E-state index in [2.05, 4.69) is 10.3 Å². The lowest BCUT2D eigenvalue weighted by Gasteiger charge is -2.05. The molecule has 2 aromatic rings. The standard InChI is InChI=1S/C12H14N2O.ClH/c1-3-13-10-7-9-6-4-5-8(2)11(9)14-12(10)15;/h4-7,13H,3H2,1-2H3,(H,14,15);1H. The van der Waals surface area contributed by atoms with E-state index in [1.807, 2.05) is 38.1 Å². The third kappa shape index (κ3) is 2.19. The van der Waals surface area contributed by atoms with Crippen molar-refractivity contribution in [2.75, 3.05) is 11.9 Å². The lowest BCUT2D eigenvalue weighted by Crippen LogP contribution is -2.13. The SMILES string of the molecule is CCNc1cc2cccc(C)c2[nH]c1=O.Cl. The van der Waals surface area contributed by atoms with Gasteiger partial charge in [-0.3, -0.25) is 4.79 Å². The zero-order valence-corrected chi connectivity index (χ0v) is 10.1. The van der Waals surface area contributed by atoms with Crippen LogP contribution in [0, 0.1) is 6.92 Å². The monoisotopic (exact) mass is 238 g/mol. The van der Waals surface area contributed by atoms with Crippen LogP contribution in [-0.4, -0.2) is 11.5 Å². The Balaban J connectivity index is 0.00000128. The number of rotatable bonds is 2. The highest BCUT2D eigenvalue weighted by Gasteiger charge is 2.02. The number of hydrogen-bond donors (Lipinski definition) is 2. The number of fused-ring (bicyclic) bond motifs is 1. The molecule has 0 aliphatic rings. The molecule has 4 heteroatoms. The predicted octanol–water partition coefficient (Wildman–Crippen LogP) is 2.69. The van der Waals surface area contributed by atoms with Crippen LogP contribution in [-0.2, 0) is 0 Å². The number of pyridine rings is 1. The van der Waals surface area contributed by atoms with E-state index in [9.17, 15) is 4.79 Å². The van der Waals surface area contributed by atoms with Crippen molar-refractivity contribution in [3.8, 4) is 0 Å². The summed E-state index contributed by atoms with van der Waals surface area (Å²) in [5.74, 6) is 0. The van der Waals surface area contributed by atoms with Gasteiger partial charge in [-0.15, -0.1) is 12.4 Å². The van der Waals surface area contributed by atoms with Gasteiger partial charge in [0.1, 0.15) is 5.69 Å². The van der Waals surface area contributed by atoms with Gasteiger partial charge in [0.2, 0.25) is 0 Å². The van der Waals surface area contributed by atoms with E-state index in [1.165, 1.54) is 0 Å². The largest absolute Gasteiger partial charge is 0.381 e. The Hall–Kier alpha value is -1.48. The number of para-hydroxylation sites is 1. The molecule has 86 valence electrons. The van der Waals surface area contributed by atoms with Crippen molar-refractivity contribution in [1.29, 1.82) is 0 Å². The minimum atomic E-state index is -0.0568. The number of anilines is 1. The van der Waals surface area contributed by atoms with Crippen molar-refractivity contribution in [2.24, 2.45) is 0 Å². The summed E-state index contributed by atoms with van der Waals surface area (Å²) in [6, 6.07) is 7.88. The molecule has 0 unspecified atom stereocenters. The normalized spacial score (nSPS) is 9.88. The lowest BCUT2D eigenvalue weighted by atomic mass is 10.1. The van der Waals surface area contributed by atoms with E-state index in [0.29, 0.717) is 5.69 Å². The minimum Gasteiger partial charge on any atom is -0.381 e. The zero-order chi connectivity index (χ0) is 10.8. The van der Waals surface area contributed by atoms with E-state index < -0.39 is 0 Å². The molecular weight excluding hydrogens is 224 g/mol. The maximum Gasteiger partial charge on any atom is 0.271 e. The molecule has 2 N–H and O–H groups in total. The molecule has 0 aliphatic carbocycles. The molecule has 0 bridgehead atoms. The van der Waals surface area contributed by atoms with Crippen molar-refractivity contribution >= 4 is 29.0 Å². The highest BCUT2D eigenvalue weighted by molar-refractivity contribution is 5.85. The van der Waals surface area contributed by atoms with Gasteiger partial charge in [-0.1, -0.05) is 18.2 Å². The Morgan fingerprint density at radius 3 is 2.81 bits per heavy atom. The summed E-state index contributed by atoms with van der Waals surface area (Å²) >= 11 is 0. The fourth-order valence-electron chi connectivity index (χ4n) is 1.71. The van der Waals surface area contributed by atoms with Gasteiger partial charge < -0.3 is 10.3 Å². The van der Waals surface area contributed by atoms with Crippen molar-refractivity contribution in [3.05, 3.63) is 40.2 Å². The Labute approximate surface area is 100 Å². The van der Waals surface area contributed by atoms with Crippen LogP contribution in [0.25, 0.3) is 10.9 Å². The second-order valence-corrected chi connectivity index (χ2v) is 3.58. The van der Waals surface area contributed by atoms with Crippen LogP contribution >= 0.6 is 12.4 Å². The lowest BCUT2D eigenvalue weighted by molar-refractivity contribution is 1.18. The molecule has 1 aromatic carbocycles. The van der Waals surface area contributed by atoms with Crippen LogP contribution in [0.2, 0.25) is 0 Å². The zero-order valence-electron chi connectivity index (χ0n) is 9.33. The first-order valence-electron chi connectivity index (χ1n) is 5.09. The fraction of sp³-hybridized carbons (Fsp3) is 0.250. The van der Waals surface area contributed by atoms with E-state index in [-0.39, 0.29) is 18.0 Å². The molecule has 2 rings (SSSR count). The molecule has 0 fully saturated rings. The van der Waals surface area contributed by atoms with Gasteiger partial charge >= 0.3 is 0 Å². The first-order valence-corrected chi connectivity index (χ1v) is 5.09. The van der Waals surface area contributed by atoms with Gasteiger partial charge in [-0.2, -0.15) is 0 Å². The molecule has 0 spiro atoms. The van der Waals surface area contributed by atoms with Crippen LogP contribution in [0.5, 0.6) is 0 Å². The molecule has 1 aromatic heterocycles. The summed E-state index contributed by atoms with van der Waals surface area (Å²) in [7, 11) is 0. The number of nitrogens with one attached hydrogen (secondary N) is 2. The van der Waals surface area contributed by atoms with Gasteiger partial charge in [-0.05, 0) is 25.5 Å². The van der Waals surface area contributed by atoms with Crippen molar-refractivity contribution in [2.45, 2.75) is 13.8 Å². The number of hydrogen-bond acceptors (Lipinski definition) is 2. The number of aromatic amines is 1. The second kappa shape index (κ2) is 5.03. The number of benzene rings is 1. The van der Waals surface area contributed by atoms with Crippen LogP contribution < -0.4 is 10.9 Å². The summed E-state index contributed by atoms with van der Waals surface area (Å²) < 4.78 is 0. The summed E-state index contributed by atoms with van der Waals surface area (Å²) in [5, 5.41) is 4.10. The highest BCUT2D eigenvalue weighted by Crippen LogP contribution is 2.16. The fourth-order valence-corrected chi connectivity index (χ4v) is 1.71. The molecule has 16 heavy (non-hydrogen) atoms. The average Bonchev–Trinajstić information content (AvgIpc) is 2.21. The number of H-pyrrole nitrogens is 1.